The highest BCUT2D eigenvalue weighted by Crippen LogP contribution is 2.39. The van der Waals surface area contributed by atoms with Gasteiger partial charge in [-0.1, -0.05) is 38.6 Å². The number of primary amides is 1. The third-order valence-electron chi connectivity index (χ3n) is 5.82. The van der Waals surface area contributed by atoms with E-state index in [4.69, 9.17) is 5.73 Å². The van der Waals surface area contributed by atoms with Crippen molar-refractivity contribution in [3.05, 3.63) is 45.0 Å². The average Bonchev–Trinajstić information content (AvgIpc) is 3.49. The van der Waals surface area contributed by atoms with Crippen LogP contribution < -0.4 is 11.1 Å². The van der Waals surface area contributed by atoms with Crippen molar-refractivity contribution in [2.45, 2.75) is 57.7 Å². The smallest absolute Gasteiger partial charge is 0.251 e. The van der Waals surface area contributed by atoms with Crippen LogP contribution in [0.2, 0.25) is 0 Å². The molecule has 7 nitrogen and oxygen atoms in total. The van der Waals surface area contributed by atoms with Gasteiger partial charge in [0, 0.05) is 27.2 Å². The quantitative estimate of drug-likeness (QED) is 0.296. The molecule has 0 fully saturated rings. The summed E-state index contributed by atoms with van der Waals surface area (Å²) in [6.45, 7) is 10.9. The van der Waals surface area contributed by atoms with E-state index in [2.05, 4.69) is 54.3 Å². The number of aromatic nitrogens is 3. The van der Waals surface area contributed by atoms with Gasteiger partial charge in [0.1, 0.15) is 5.00 Å². The van der Waals surface area contributed by atoms with E-state index < -0.39 is 5.91 Å². The number of carbonyl (C=O) groups is 2. The van der Waals surface area contributed by atoms with E-state index in [1.807, 2.05) is 4.57 Å². The summed E-state index contributed by atoms with van der Waals surface area (Å²) in [5, 5.41) is 14.9. The summed E-state index contributed by atoms with van der Waals surface area (Å²) in [6, 6.07) is 2.14. The fourth-order valence-electron chi connectivity index (χ4n) is 4.07. The molecule has 1 atom stereocenters. The maximum atomic E-state index is 12.8. The number of fused-ring (bicyclic) bond motifs is 1. The molecule has 3 aromatic heterocycles. The van der Waals surface area contributed by atoms with Crippen LogP contribution in [0.25, 0.3) is 11.4 Å². The highest BCUT2D eigenvalue weighted by Gasteiger charge is 2.27. The number of rotatable bonds is 9. The number of amides is 2. The zero-order chi connectivity index (χ0) is 24.4. The molecule has 4 rings (SSSR count). The molecule has 3 heterocycles. The van der Waals surface area contributed by atoms with Crippen LogP contribution >= 0.6 is 34.4 Å². The summed E-state index contributed by atoms with van der Waals surface area (Å²) in [6.07, 6.45) is 4.56. The van der Waals surface area contributed by atoms with E-state index in [1.54, 1.807) is 17.4 Å². The molecule has 1 unspecified atom stereocenters. The molecule has 180 valence electrons. The summed E-state index contributed by atoms with van der Waals surface area (Å²) < 4.78 is 1.97. The number of allylic oxidation sites excluding steroid dienone is 1. The Bertz CT molecular complexity index is 1220. The Labute approximate surface area is 211 Å². The minimum absolute atomic E-state index is 0.146. The third kappa shape index (κ3) is 5.13. The van der Waals surface area contributed by atoms with Gasteiger partial charge in [-0.25, -0.2) is 0 Å². The van der Waals surface area contributed by atoms with Gasteiger partial charge >= 0.3 is 0 Å². The van der Waals surface area contributed by atoms with Crippen LogP contribution in [0, 0.1) is 5.92 Å². The van der Waals surface area contributed by atoms with E-state index in [0.29, 0.717) is 34.1 Å². The van der Waals surface area contributed by atoms with Crippen molar-refractivity contribution in [2.24, 2.45) is 11.7 Å². The van der Waals surface area contributed by atoms with Crippen LogP contribution in [0.3, 0.4) is 0 Å². The van der Waals surface area contributed by atoms with Gasteiger partial charge < -0.3 is 11.1 Å². The minimum atomic E-state index is -0.484. The lowest BCUT2D eigenvalue weighted by Gasteiger charge is -2.18. The first-order valence-corrected chi connectivity index (χ1v) is 14.0. The molecule has 0 aromatic carbocycles. The summed E-state index contributed by atoms with van der Waals surface area (Å²) in [4.78, 5) is 27.4. The van der Waals surface area contributed by atoms with Crippen LogP contribution in [0.15, 0.2) is 29.3 Å². The molecule has 3 N–H and O–H groups in total. The van der Waals surface area contributed by atoms with Gasteiger partial charge in [0.25, 0.3) is 5.91 Å². The molecule has 0 aliphatic heterocycles. The monoisotopic (exact) mass is 515 g/mol. The van der Waals surface area contributed by atoms with Crippen molar-refractivity contribution in [3.63, 3.8) is 0 Å². The van der Waals surface area contributed by atoms with Crippen molar-refractivity contribution in [1.82, 2.24) is 14.8 Å². The maximum Gasteiger partial charge on any atom is 0.251 e. The van der Waals surface area contributed by atoms with E-state index in [1.165, 1.54) is 28.0 Å². The standard InChI is InChI=1S/C24H29N5O2S3/c1-5-8-29-22(15-10-17(13(2)3)32-11-15)27-28-24(29)33-12-19(30)26-23-20(21(25)31)16-7-6-14(4)9-18(16)34-23/h5,10-11,13-14H,1,6-9,12H2,2-4H3,(H2,25,31)(H,26,30). The van der Waals surface area contributed by atoms with Gasteiger partial charge in [-0.05, 0) is 42.7 Å². The lowest BCUT2D eigenvalue weighted by Crippen LogP contribution is -2.20. The lowest BCUT2D eigenvalue weighted by atomic mass is 9.88. The number of thioether (sulfide) groups is 1. The van der Waals surface area contributed by atoms with E-state index in [0.717, 1.165) is 41.1 Å². The van der Waals surface area contributed by atoms with Crippen molar-refractivity contribution < 1.29 is 9.59 Å². The van der Waals surface area contributed by atoms with Crippen LogP contribution in [0.4, 0.5) is 5.00 Å². The summed E-state index contributed by atoms with van der Waals surface area (Å²) in [5.74, 6) is 1.24. The highest BCUT2D eigenvalue weighted by atomic mass is 32.2. The van der Waals surface area contributed by atoms with Gasteiger partial charge in [-0.2, -0.15) is 0 Å². The van der Waals surface area contributed by atoms with Crippen LogP contribution in [-0.4, -0.2) is 32.3 Å². The lowest BCUT2D eigenvalue weighted by molar-refractivity contribution is -0.113. The average molecular weight is 516 g/mol. The first-order valence-electron chi connectivity index (χ1n) is 11.3. The zero-order valence-electron chi connectivity index (χ0n) is 19.6. The molecule has 10 heteroatoms. The Hall–Kier alpha value is -2.43. The number of hydrogen-bond acceptors (Lipinski definition) is 7. The molecule has 34 heavy (non-hydrogen) atoms. The highest BCUT2D eigenvalue weighted by molar-refractivity contribution is 7.99. The van der Waals surface area contributed by atoms with Gasteiger partial charge in [0.2, 0.25) is 5.91 Å². The molecule has 0 saturated heterocycles. The largest absolute Gasteiger partial charge is 0.365 e. The van der Waals surface area contributed by atoms with Crippen molar-refractivity contribution in [2.75, 3.05) is 11.1 Å². The minimum Gasteiger partial charge on any atom is -0.365 e. The Morgan fingerprint density at radius 2 is 2.21 bits per heavy atom. The van der Waals surface area contributed by atoms with E-state index >= 15 is 0 Å². The molecule has 0 spiro atoms. The van der Waals surface area contributed by atoms with Gasteiger partial charge in [0.15, 0.2) is 11.0 Å². The third-order valence-corrected chi connectivity index (χ3v) is 9.19. The first kappa shape index (κ1) is 24.7. The molecule has 3 aromatic rings. The Morgan fingerprint density at radius 3 is 2.88 bits per heavy atom. The number of nitrogens with two attached hydrogens (primary N) is 1. The predicted octanol–water partition coefficient (Wildman–Crippen LogP) is 5.33. The first-order chi connectivity index (χ1) is 16.3. The molecule has 1 aliphatic carbocycles. The fourth-order valence-corrected chi connectivity index (χ4v) is 7.15. The molecule has 1 aliphatic rings. The molecule has 0 bridgehead atoms. The summed E-state index contributed by atoms with van der Waals surface area (Å²) in [7, 11) is 0. The van der Waals surface area contributed by atoms with Crippen molar-refractivity contribution in [3.8, 4) is 11.4 Å². The van der Waals surface area contributed by atoms with E-state index in [9.17, 15) is 9.59 Å². The number of carbonyl (C=O) groups excluding carboxylic acids is 2. The van der Waals surface area contributed by atoms with E-state index in [-0.39, 0.29) is 11.7 Å². The molecule has 2 amide bonds. The van der Waals surface area contributed by atoms with Gasteiger partial charge in [-0.3, -0.25) is 14.2 Å². The van der Waals surface area contributed by atoms with Crippen LogP contribution in [-0.2, 0) is 24.2 Å². The van der Waals surface area contributed by atoms with Gasteiger partial charge in [0.05, 0.1) is 11.3 Å². The molecular formula is C24H29N5O2S3. The number of nitrogens with one attached hydrogen (secondary N) is 1. The second-order valence-corrected chi connectivity index (χ2v) is 11.8. The number of anilines is 1. The van der Waals surface area contributed by atoms with Crippen molar-refractivity contribution >= 4 is 51.3 Å². The van der Waals surface area contributed by atoms with Crippen molar-refractivity contribution in [1.29, 1.82) is 0 Å². The fraction of sp³-hybridized carbons (Fsp3) is 0.417. The molecule has 0 saturated carbocycles. The molecule has 0 radical (unpaired) electrons. The van der Waals surface area contributed by atoms with Gasteiger partial charge in [-0.15, -0.1) is 39.4 Å². The predicted molar refractivity (Wildman–Crippen MR) is 141 cm³/mol. The molecular weight excluding hydrogens is 486 g/mol. The normalized spacial score (nSPS) is 15.4. The second-order valence-electron chi connectivity index (χ2n) is 8.85. The summed E-state index contributed by atoms with van der Waals surface area (Å²) >= 11 is 4.50. The second kappa shape index (κ2) is 10.5. The number of hydrogen-bond donors (Lipinski definition) is 2. The Morgan fingerprint density at radius 1 is 1.41 bits per heavy atom. The SMILES string of the molecule is C=CCn1c(SCC(=O)Nc2sc3c(c2C(N)=O)CCC(C)C3)nnc1-c1csc(C(C)C)c1. The summed E-state index contributed by atoms with van der Waals surface area (Å²) in [5.41, 5.74) is 8.17. The zero-order valence-corrected chi connectivity index (χ0v) is 22.0. The maximum absolute atomic E-state index is 12.8. The Kier molecular flexibility index (Phi) is 7.59. The van der Waals surface area contributed by atoms with Crippen LogP contribution in [0.1, 0.15) is 58.8 Å². The topological polar surface area (TPSA) is 103 Å². The Balaban J connectivity index is 1.49. The number of thiophene rings is 2. The van der Waals surface area contributed by atoms with Crippen LogP contribution in [0.5, 0.6) is 0 Å². The number of nitrogens with zero attached hydrogens (tertiary/aromatic N) is 3.